The minimum absolute atomic E-state index is 0.0986. The third-order valence-corrected chi connectivity index (χ3v) is 4.29. The van der Waals surface area contributed by atoms with E-state index in [1.165, 1.54) is 31.5 Å². The first-order valence-electron chi connectivity index (χ1n) is 9.90. The van der Waals surface area contributed by atoms with Crippen LogP contribution in [0.1, 0.15) is 12.5 Å². The topological polar surface area (TPSA) is 78.4 Å². The van der Waals surface area contributed by atoms with Gasteiger partial charge in [0.2, 0.25) is 6.10 Å². The highest BCUT2D eigenvalue weighted by atomic mass is 19.3. The van der Waals surface area contributed by atoms with E-state index in [0.717, 1.165) is 0 Å². The van der Waals surface area contributed by atoms with Crippen LogP contribution in [0.15, 0.2) is 78.0 Å². The van der Waals surface area contributed by atoms with Crippen LogP contribution in [0, 0.1) is 0 Å². The average molecular weight is 456 g/mol. The molecule has 0 aliphatic carbocycles. The van der Waals surface area contributed by atoms with E-state index >= 15 is 0 Å². The number of carbonyl (C=O) groups is 1. The van der Waals surface area contributed by atoms with E-state index in [4.69, 9.17) is 14.3 Å². The fraction of sp³-hybridized carbons (Fsp3) is 0.167. The lowest BCUT2D eigenvalue weighted by molar-refractivity contribution is -0.126. The van der Waals surface area contributed by atoms with E-state index in [-0.39, 0.29) is 11.5 Å². The molecule has 0 saturated carbocycles. The molecule has 9 heteroatoms. The lowest BCUT2D eigenvalue weighted by Gasteiger charge is -2.12. The van der Waals surface area contributed by atoms with Crippen LogP contribution in [-0.4, -0.2) is 31.9 Å². The molecule has 3 rings (SSSR count). The van der Waals surface area contributed by atoms with E-state index in [1.807, 2.05) is 30.3 Å². The van der Waals surface area contributed by atoms with E-state index < -0.39 is 18.6 Å². The number of anilines is 1. The Morgan fingerprint density at radius 2 is 1.67 bits per heavy atom. The Labute approximate surface area is 189 Å². The van der Waals surface area contributed by atoms with Crippen LogP contribution in [0.25, 0.3) is 0 Å². The number of nitrogens with one attached hydrogen (secondary N) is 1. The summed E-state index contributed by atoms with van der Waals surface area (Å²) in [6.07, 6.45) is 0.443. The molecule has 0 bridgehead atoms. The van der Waals surface area contributed by atoms with Crippen LogP contribution < -0.4 is 19.5 Å². The number of methoxy groups -OCH3 is 1. The number of hydrogen-bond acceptors (Lipinski definition) is 6. The van der Waals surface area contributed by atoms with Crippen molar-refractivity contribution in [1.29, 1.82) is 0 Å². The zero-order chi connectivity index (χ0) is 23.6. The van der Waals surface area contributed by atoms with Gasteiger partial charge in [-0.05, 0) is 61.5 Å². The molecule has 0 spiro atoms. The number of alkyl halides is 2. The Balaban J connectivity index is 1.51. The molecular formula is C24H22F2N2O5. The predicted molar refractivity (Wildman–Crippen MR) is 119 cm³/mol. The first kappa shape index (κ1) is 23.5. The molecule has 0 heterocycles. The van der Waals surface area contributed by atoms with Gasteiger partial charge in [-0.2, -0.15) is 8.78 Å². The Bertz CT molecular complexity index is 1080. The number of carbonyl (C=O) groups excluding carboxylic acids is 1. The second-order valence-corrected chi connectivity index (χ2v) is 6.70. The highest BCUT2D eigenvalue weighted by Crippen LogP contribution is 2.29. The summed E-state index contributed by atoms with van der Waals surface area (Å²) < 4.78 is 39.9. The summed E-state index contributed by atoms with van der Waals surface area (Å²) in [4.78, 5) is 17.5. The van der Waals surface area contributed by atoms with Gasteiger partial charge >= 0.3 is 6.61 Å². The van der Waals surface area contributed by atoms with E-state index in [0.29, 0.717) is 22.7 Å². The molecule has 0 fully saturated rings. The Morgan fingerprint density at radius 1 is 0.970 bits per heavy atom. The fourth-order valence-electron chi connectivity index (χ4n) is 2.66. The van der Waals surface area contributed by atoms with Crippen molar-refractivity contribution in [2.45, 2.75) is 19.6 Å². The first-order chi connectivity index (χ1) is 15.9. The molecule has 1 unspecified atom stereocenters. The van der Waals surface area contributed by atoms with Crippen LogP contribution in [0.3, 0.4) is 0 Å². The van der Waals surface area contributed by atoms with Crippen LogP contribution in [0.2, 0.25) is 0 Å². The van der Waals surface area contributed by atoms with Gasteiger partial charge < -0.3 is 24.4 Å². The maximum atomic E-state index is 12.4. The molecular weight excluding hydrogens is 434 g/mol. The summed E-state index contributed by atoms with van der Waals surface area (Å²) in [5.41, 5.74) is 1.08. The summed E-state index contributed by atoms with van der Waals surface area (Å²) in [6.45, 7) is -1.42. The normalized spacial score (nSPS) is 11.8. The number of ether oxygens (including phenoxy) is 3. The lowest BCUT2D eigenvalue weighted by atomic mass is 10.2. The van der Waals surface area contributed by atoms with Gasteiger partial charge in [0.05, 0.1) is 13.3 Å². The number of halogens is 2. The van der Waals surface area contributed by atoms with E-state index in [9.17, 15) is 13.6 Å². The zero-order valence-corrected chi connectivity index (χ0v) is 17.9. The third-order valence-electron chi connectivity index (χ3n) is 4.29. The quantitative estimate of drug-likeness (QED) is 0.324. The first-order valence-corrected chi connectivity index (χ1v) is 9.90. The molecule has 0 aliphatic heterocycles. The number of oxime groups is 1. The third kappa shape index (κ3) is 7.20. The maximum absolute atomic E-state index is 12.4. The highest BCUT2D eigenvalue weighted by molar-refractivity contribution is 5.94. The molecule has 172 valence electrons. The van der Waals surface area contributed by atoms with Crippen molar-refractivity contribution in [3.8, 4) is 23.0 Å². The second kappa shape index (κ2) is 11.5. The van der Waals surface area contributed by atoms with Crippen molar-refractivity contribution >= 4 is 17.8 Å². The SMILES string of the molecule is COc1cc(/C=N/OC(C)C(=O)Nc2ccc(Oc3ccccc3)cc2)ccc1OC(F)F. The summed E-state index contributed by atoms with van der Waals surface area (Å²) in [5.74, 6) is 0.960. The van der Waals surface area contributed by atoms with Crippen LogP contribution in [0.4, 0.5) is 14.5 Å². The minimum Gasteiger partial charge on any atom is -0.493 e. The maximum Gasteiger partial charge on any atom is 0.387 e. The molecule has 0 radical (unpaired) electrons. The summed E-state index contributed by atoms with van der Waals surface area (Å²) in [6, 6.07) is 20.5. The van der Waals surface area contributed by atoms with Crippen molar-refractivity contribution in [2.24, 2.45) is 5.16 Å². The number of nitrogens with zero attached hydrogens (tertiary/aromatic N) is 1. The predicted octanol–water partition coefficient (Wildman–Crippen LogP) is 5.47. The van der Waals surface area contributed by atoms with Gasteiger partial charge in [0, 0.05) is 11.3 Å². The largest absolute Gasteiger partial charge is 0.493 e. The van der Waals surface area contributed by atoms with Crippen LogP contribution >= 0.6 is 0 Å². The molecule has 0 aromatic heterocycles. The lowest BCUT2D eigenvalue weighted by Crippen LogP contribution is -2.26. The molecule has 3 aromatic carbocycles. The van der Waals surface area contributed by atoms with Gasteiger partial charge in [0.25, 0.3) is 5.91 Å². The number of para-hydroxylation sites is 1. The van der Waals surface area contributed by atoms with Gasteiger partial charge in [-0.25, -0.2) is 0 Å². The summed E-state index contributed by atoms with van der Waals surface area (Å²) in [5, 5.41) is 6.51. The number of rotatable bonds is 10. The molecule has 3 aromatic rings. The minimum atomic E-state index is -2.96. The van der Waals surface area contributed by atoms with Crippen molar-refractivity contribution in [3.63, 3.8) is 0 Å². The van der Waals surface area contributed by atoms with Gasteiger partial charge in [0.1, 0.15) is 11.5 Å². The summed E-state index contributed by atoms with van der Waals surface area (Å²) >= 11 is 0. The second-order valence-electron chi connectivity index (χ2n) is 6.70. The Morgan fingerprint density at radius 3 is 2.33 bits per heavy atom. The Hall–Kier alpha value is -4.14. The van der Waals surface area contributed by atoms with E-state index in [1.54, 1.807) is 31.2 Å². The molecule has 0 saturated heterocycles. The Kier molecular flexibility index (Phi) is 8.18. The van der Waals surface area contributed by atoms with Crippen molar-refractivity contribution in [3.05, 3.63) is 78.4 Å². The summed E-state index contributed by atoms with van der Waals surface area (Å²) in [7, 11) is 1.33. The van der Waals surface area contributed by atoms with Gasteiger partial charge in [0.15, 0.2) is 11.5 Å². The molecule has 1 atom stereocenters. The number of benzene rings is 3. The standard InChI is InChI=1S/C24H22F2N2O5/c1-16(33-27-15-17-8-13-21(32-24(25)26)22(14-17)30-2)23(29)28-18-9-11-20(12-10-18)31-19-6-4-3-5-7-19/h3-16,24H,1-2H3,(H,28,29)/b27-15+. The smallest absolute Gasteiger partial charge is 0.387 e. The molecule has 33 heavy (non-hydrogen) atoms. The van der Waals surface area contributed by atoms with Crippen molar-refractivity contribution < 1.29 is 32.6 Å². The van der Waals surface area contributed by atoms with Crippen molar-refractivity contribution in [1.82, 2.24) is 0 Å². The van der Waals surface area contributed by atoms with Crippen LogP contribution in [0.5, 0.6) is 23.0 Å². The number of amides is 1. The molecule has 7 nitrogen and oxygen atoms in total. The molecule has 0 aliphatic rings. The van der Waals surface area contributed by atoms with Crippen LogP contribution in [-0.2, 0) is 9.63 Å². The molecule has 1 amide bonds. The van der Waals surface area contributed by atoms with Gasteiger partial charge in [-0.15, -0.1) is 0 Å². The van der Waals surface area contributed by atoms with E-state index in [2.05, 4.69) is 15.2 Å². The average Bonchev–Trinajstić information content (AvgIpc) is 2.81. The van der Waals surface area contributed by atoms with Crippen molar-refractivity contribution in [2.75, 3.05) is 12.4 Å². The fourth-order valence-corrected chi connectivity index (χ4v) is 2.66. The molecule has 1 N–H and O–H groups in total. The number of hydrogen-bond donors (Lipinski definition) is 1. The van der Waals surface area contributed by atoms with Gasteiger partial charge in [-0.3, -0.25) is 4.79 Å². The highest BCUT2D eigenvalue weighted by Gasteiger charge is 2.15. The van der Waals surface area contributed by atoms with Gasteiger partial charge in [-0.1, -0.05) is 23.4 Å². The monoisotopic (exact) mass is 456 g/mol. The zero-order valence-electron chi connectivity index (χ0n) is 17.9.